The van der Waals surface area contributed by atoms with Crippen LogP contribution in [0.4, 0.5) is 4.79 Å². The topological polar surface area (TPSA) is 98.8 Å². The normalized spacial score (nSPS) is 19.0. The lowest BCUT2D eigenvalue weighted by Crippen LogP contribution is -2.61. The Morgan fingerprint density at radius 3 is 2.42 bits per heavy atom. The van der Waals surface area contributed by atoms with Crippen LogP contribution in [0.15, 0.2) is 35.2 Å². The molecule has 9 heteroatoms. The van der Waals surface area contributed by atoms with Gasteiger partial charge in [0.2, 0.25) is 15.9 Å². The maximum atomic E-state index is 13.3. The van der Waals surface area contributed by atoms with Gasteiger partial charge in [0, 0.05) is 32.2 Å². The molecule has 2 N–H and O–H groups in total. The molecule has 0 aromatic heterocycles. The molecule has 8 nitrogen and oxygen atoms in total. The van der Waals surface area contributed by atoms with Gasteiger partial charge in [-0.3, -0.25) is 4.79 Å². The summed E-state index contributed by atoms with van der Waals surface area (Å²) >= 11 is 0. The molecular formula is C22H36N4O4S. The molecule has 3 amide bonds. The number of piperazine rings is 1. The minimum Gasteiger partial charge on any atom is -0.338 e. The van der Waals surface area contributed by atoms with E-state index in [1.807, 2.05) is 20.8 Å². The summed E-state index contributed by atoms with van der Waals surface area (Å²) < 4.78 is 28.3. The van der Waals surface area contributed by atoms with Crippen LogP contribution in [-0.4, -0.2) is 68.4 Å². The van der Waals surface area contributed by atoms with Crippen molar-refractivity contribution >= 4 is 22.0 Å². The number of amides is 3. The van der Waals surface area contributed by atoms with Crippen LogP contribution in [0, 0.1) is 5.92 Å². The van der Waals surface area contributed by atoms with Gasteiger partial charge in [-0.2, -0.15) is 4.72 Å². The standard InChI is InChI=1S/C22H36N4O4S/c1-5-7-13-23-22(28)26-15-14-25(16-18(26)4)21(27)20(17(3)6-2)24-31(29,30)19-11-9-8-10-12-19/h8-12,17-18,20,24H,5-7,13-16H2,1-4H3,(H,23,28). The van der Waals surface area contributed by atoms with Crippen LogP contribution in [0.2, 0.25) is 0 Å². The first-order valence-corrected chi connectivity index (χ1v) is 12.6. The maximum Gasteiger partial charge on any atom is 0.317 e. The van der Waals surface area contributed by atoms with Crippen LogP contribution < -0.4 is 10.0 Å². The van der Waals surface area contributed by atoms with Crippen molar-refractivity contribution in [2.75, 3.05) is 26.2 Å². The number of unbranched alkanes of at least 4 members (excludes halogenated alkanes) is 1. The van der Waals surface area contributed by atoms with Gasteiger partial charge in [-0.15, -0.1) is 0 Å². The van der Waals surface area contributed by atoms with Crippen LogP contribution in [0.5, 0.6) is 0 Å². The van der Waals surface area contributed by atoms with E-state index in [1.165, 1.54) is 12.1 Å². The van der Waals surface area contributed by atoms with E-state index >= 15 is 0 Å². The molecule has 1 fully saturated rings. The molecule has 0 saturated carbocycles. The highest BCUT2D eigenvalue weighted by Gasteiger charge is 2.36. The van der Waals surface area contributed by atoms with E-state index in [0.29, 0.717) is 32.6 Å². The van der Waals surface area contributed by atoms with Crippen molar-refractivity contribution in [1.29, 1.82) is 0 Å². The van der Waals surface area contributed by atoms with Gasteiger partial charge in [0.25, 0.3) is 0 Å². The van der Waals surface area contributed by atoms with E-state index in [9.17, 15) is 18.0 Å². The van der Waals surface area contributed by atoms with E-state index in [2.05, 4.69) is 17.0 Å². The predicted octanol–water partition coefficient (Wildman–Crippen LogP) is 2.42. The smallest absolute Gasteiger partial charge is 0.317 e. The molecule has 174 valence electrons. The molecule has 1 saturated heterocycles. The van der Waals surface area contributed by atoms with Gasteiger partial charge < -0.3 is 15.1 Å². The Morgan fingerprint density at radius 2 is 1.84 bits per heavy atom. The Labute approximate surface area is 186 Å². The fourth-order valence-electron chi connectivity index (χ4n) is 3.61. The minimum absolute atomic E-state index is 0.115. The second kappa shape index (κ2) is 11.5. The molecule has 1 heterocycles. The average molecular weight is 453 g/mol. The maximum absolute atomic E-state index is 13.3. The number of hydrogen-bond acceptors (Lipinski definition) is 4. The first-order valence-electron chi connectivity index (χ1n) is 11.1. The molecule has 0 bridgehead atoms. The summed E-state index contributed by atoms with van der Waals surface area (Å²) in [6.45, 7) is 9.59. The van der Waals surface area contributed by atoms with Crippen LogP contribution in [0.3, 0.4) is 0 Å². The van der Waals surface area contributed by atoms with E-state index in [1.54, 1.807) is 28.0 Å². The number of rotatable bonds is 9. The first-order chi connectivity index (χ1) is 14.7. The number of sulfonamides is 1. The molecule has 1 aliphatic rings. The number of carbonyl (C=O) groups excluding carboxylic acids is 2. The summed E-state index contributed by atoms with van der Waals surface area (Å²) in [5.41, 5.74) is 0. The van der Waals surface area contributed by atoms with E-state index in [-0.39, 0.29) is 28.8 Å². The number of hydrogen-bond donors (Lipinski definition) is 2. The molecular weight excluding hydrogens is 416 g/mol. The zero-order chi connectivity index (χ0) is 23.0. The highest BCUT2D eigenvalue weighted by molar-refractivity contribution is 7.89. The number of carbonyl (C=O) groups is 2. The van der Waals surface area contributed by atoms with Gasteiger partial charge in [0.05, 0.1) is 4.90 Å². The minimum atomic E-state index is -3.82. The van der Waals surface area contributed by atoms with E-state index in [4.69, 9.17) is 0 Å². The van der Waals surface area contributed by atoms with E-state index in [0.717, 1.165) is 12.8 Å². The third-order valence-corrected chi connectivity index (χ3v) is 7.28. The molecule has 0 spiro atoms. The summed E-state index contributed by atoms with van der Waals surface area (Å²) in [5, 5.41) is 2.92. The van der Waals surface area contributed by atoms with Gasteiger partial charge in [-0.05, 0) is 31.4 Å². The Kier molecular flexibility index (Phi) is 9.31. The molecule has 1 aliphatic heterocycles. The molecule has 31 heavy (non-hydrogen) atoms. The molecule has 1 aromatic rings. The van der Waals surface area contributed by atoms with Crippen molar-refractivity contribution in [2.45, 2.75) is 63.9 Å². The molecule has 0 radical (unpaired) electrons. The Hall–Kier alpha value is -2.13. The number of nitrogens with one attached hydrogen (secondary N) is 2. The summed E-state index contributed by atoms with van der Waals surface area (Å²) in [5.74, 6) is -0.414. The molecule has 3 unspecified atom stereocenters. The molecule has 1 aromatic carbocycles. The van der Waals surface area contributed by atoms with Crippen molar-refractivity contribution in [3.8, 4) is 0 Å². The lowest BCUT2D eigenvalue weighted by atomic mass is 9.98. The van der Waals surface area contributed by atoms with Crippen molar-refractivity contribution in [3.05, 3.63) is 30.3 Å². The Bertz CT molecular complexity index is 831. The third kappa shape index (κ3) is 6.67. The summed E-state index contributed by atoms with van der Waals surface area (Å²) in [7, 11) is -3.82. The molecule has 0 aliphatic carbocycles. The van der Waals surface area contributed by atoms with Crippen LogP contribution in [0.25, 0.3) is 0 Å². The Balaban J connectivity index is 2.08. The van der Waals surface area contributed by atoms with Gasteiger partial charge in [-0.25, -0.2) is 13.2 Å². The second-order valence-electron chi connectivity index (χ2n) is 8.21. The lowest BCUT2D eigenvalue weighted by molar-refractivity contribution is -0.136. The molecule has 3 atom stereocenters. The largest absolute Gasteiger partial charge is 0.338 e. The summed E-state index contributed by atoms with van der Waals surface area (Å²) in [4.78, 5) is 29.3. The fraction of sp³-hybridized carbons (Fsp3) is 0.636. The monoisotopic (exact) mass is 452 g/mol. The fourth-order valence-corrected chi connectivity index (χ4v) is 4.93. The van der Waals surface area contributed by atoms with Crippen LogP contribution in [0.1, 0.15) is 47.0 Å². The number of urea groups is 1. The van der Waals surface area contributed by atoms with Crippen molar-refractivity contribution in [1.82, 2.24) is 19.8 Å². The van der Waals surface area contributed by atoms with Gasteiger partial charge in [0.1, 0.15) is 6.04 Å². The zero-order valence-corrected chi connectivity index (χ0v) is 19.8. The highest BCUT2D eigenvalue weighted by Crippen LogP contribution is 2.18. The van der Waals surface area contributed by atoms with Gasteiger partial charge in [0.15, 0.2) is 0 Å². The quantitative estimate of drug-likeness (QED) is 0.562. The predicted molar refractivity (Wildman–Crippen MR) is 121 cm³/mol. The summed E-state index contributed by atoms with van der Waals surface area (Å²) in [6, 6.07) is 6.96. The van der Waals surface area contributed by atoms with Crippen molar-refractivity contribution in [2.24, 2.45) is 5.92 Å². The average Bonchev–Trinajstić information content (AvgIpc) is 2.77. The highest BCUT2D eigenvalue weighted by atomic mass is 32.2. The zero-order valence-electron chi connectivity index (χ0n) is 19.0. The lowest BCUT2D eigenvalue weighted by Gasteiger charge is -2.41. The van der Waals surface area contributed by atoms with Gasteiger partial charge in [-0.1, -0.05) is 51.8 Å². The van der Waals surface area contributed by atoms with Crippen LogP contribution in [-0.2, 0) is 14.8 Å². The number of nitrogens with zero attached hydrogens (tertiary/aromatic N) is 2. The first kappa shape index (κ1) is 25.1. The van der Waals surface area contributed by atoms with Crippen molar-refractivity contribution < 1.29 is 18.0 Å². The SMILES string of the molecule is CCCCNC(=O)N1CCN(C(=O)C(NS(=O)(=O)c2ccccc2)C(C)CC)CC1C. The molecule has 2 rings (SSSR count). The Morgan fingerprint density at radius 1 is 1.16 bits per heavy atom. The van der Waals surface area contributed by atoms with E-state index < -0.39 is 16.1 Å². The van der Waals surface area contributed by atoms with Gasteiger partial charge >= 0.3 is 6.03 Å². The second-order valence-corrected chi connectivity index (χ2v) is 9.92. The number of benzene rings is 1. The summed E-state index contributed by atoms with van der Waals surface area (Å²) in [6.07, 6.45) is 2.59. The van der Waals surface area contributed by atoms with Crippen LogP contribution >= 0.6 is 0 Å². The third-order valence-electron chi connectivity index (χ3n) is 5.82. The van der Waals surface area contributed by atoms with Crippen molar-refractivity contribution in [3.63, 3.8) is 0 Å².